The van der Waals surface area contributed by atoms with Crippen LogP contribution in [-0.4, -0.2) is 32.9 Å². The van der Waals surface area contributed by atoms with Gasteiger partial charge in [-0.05, 0) is 29.5 Å². The molecule has 0 fully saturated rings. The van der Waals surface area contributed by atoms with Crippen LogP contribution in [0.25, 0.3) is 10.6 Å². The van der Waals surface area contributed by atoms with E-state index in [2.05, 4.69) is 20.6 Å². The third kappa shape index (κ3) is 6.75. The number of benzene rings is 1. The highest BCUT2D eigenvalue weighted by atomic mass is 32.2. The molecular formula is C18H15F3N4O3S3. The van der Waals surface area contributed by atoms with Gasteiger partial charge in [0.1, 0.15) is 5.01 Å². The molecule has 0 saturated heterocycles. The smallest absolute Gasteiger partial charge is 0.389 e. The van der Waals surface area contributed by atoms with Gasteiger partial charge in [-0.25, -0.2) is 9.97 Å². The van der Waals surface area contributed by atoms with E-state index >= 15 is 0 Å². The van der Waals surface area contributed by atoms with Crippen LogP contribution < -0.4 is 10.6 Å². The van der Waals surface area contributed by atoms with Gasteiger partial charge in [0.2, 0.25) is 12.3 Å². The van der Waals surface area contributed by atoms with Crippen molar-refractivity contribution in [1.82, 2.24) is 15.3 Å². The summed E-state index contributed by atoms with van der Waals surface area (Å²) in [5.41, 5.74) is -2.69. The molecule has 0 saturated carbocycles. The van der Waals surface area contributed by atoms with E-state index in [0.29, 0.717) is 38.4 Å². The number of hydrogen-bond donors (Lipinski definition) is 3. The van der Waals surface area contributed by atoms with Crippen molar-refractivity contribution in [2.75, 3.05) is 5.32 Å². The molecule has 0 bridgehead atoms. The van der Waals surface area contributed by atoms with Gasteiger partial charge >= 0.3 is 5.51 Å². The van der Waals surface area contributed by atoms with Crippen molar-refractivity contribution >= 4 is 51.9 Å². The third-order valence-electron chi connectivity index (χ3n) is 3.73. The third-order valence-corrected chi connectivity index (χ3v) is 6.34. The zero-order valence-electron chi connectivity index (χ0n) is 15.6. The molecule has 0 atom stereocenters. The van der Waals surface area contributed by atoms with E-state index in [1.54, 1.807) is 5.38 Å². The van der Waals surface area contributed by atoms with Crippen LogP contribution in [0.15, 0.2) is 34.5 Å². The van der Waals surface area contributed by atoms with Crippen LogP contribution in [0, 0.1) is 0 Å². The predicted octanol–water partition coefficient (Wildman–Crippen LogP) is 3.80. The van der Waals surface area contributed by atoms with Gasteiger partial charge in [-0.3, -0.25) is 9.59 Å². The molecule has 0 unspecified atom stereocenters. The first kappa shape index (κ1) is 23.2. The first-order valence-electron chi connectivity index (χ1n) is 8.64. The summed E-state index contributed by atoms with van der Waals surface area (Å²) < 4.78 is 37.2. The van der Waals surface area contributed by atoms with Crippen LogP contribution >= 0.6 is 34.4 Å². The lowest BCUT2D eigenvalue weighted by molar-refractivity contribution is -0.115. The van der Waals surface area contributed by atoms with Crippen molar-refractivity contribution in [1.29, 1.82) is 0 Å². The standard InChI is InChI=1S/C18H15F3N4O3S3/c19-18(20,21)31-11-3-1-10(2-4-11)5-14(28)25-17-24-13(8-29-17)16-12(6-22-9-27)23-15(7-26)30-16/h1-4,8-9,26H,5-7H2,(H,22,27)(H,24,25,28). The summed E-state index contributed by atoms with van der Waals surface area (Å²) in [6.45, 7) is -0.0656. The second kappa shape index (κ2) is 10.2. The molecular weight excluding hydrogens is 473 g/mol. The number of halogens is 3. The molecule has 13 heteroatoms. The molecule has 1 aromatic carbocycles. The van der Waals surface area contributed by atoms with Crippen molar-refractivity contribution < 1.29 is 27.9 Å². The summed E-state index contributed by atoms with van der Waals surface area (Å²) in [4.78, 5) is 32.2. The number of rotatable bonds is 9. The fraction of sp³-hybridized carbons (Fsp3) is 0.222. The summed E-state index contributed by atoms with van der Waals surface area (Å²) >= 11 is 2.22. The Kier molecular flexibility index (Phi) is 7.64. The van der Waals surface area contributed by atoms with Gasteiger partial charge in [-0.2, -0.15) is 13.2 Å². The zero-order chi connectivity index (χ0) is 22.4. The summed E-state index contributed by atoms with van der Waals surface area (Å²) in [5, 5.41) is 17.0. The van der Waals surface area contributed by atoms with E-state index in [-0.39, 0.29) is 42.1 Å². The maximum Gasteiger partial charge on any atom is 0.446 e. The maximum atomic E-state index is 12.4. The Morgan fingerprint density at radius 1 is 1.23 bits per heavy atom. The number of carbonyl (C=O) groups excluding carboxylic acids is 2. The Morgan fingerprint density at radius 3 is 2.61 bits per heavy atom. The second-order valence-electron chi connectivity index (χ2n) is 5.99. The summed E-state index contributed by atoms with van der Waals surface area (Å²) in [7, 11) is 0. The van der Waals surface area contributed by atoms with Crippen molar-refractivity contribution in [3.05, 3.63) is 45.9 Å². The Balaban J connectivity index is 1.64. The van der Waals surface area contributed by atoms with Crippen LogP contribution in [0.2, 0.25) is 0 Å². The zero-order valence-corrected chi connectivity index (χ0v) is 18.1. The summed E-state index contributed by atoms with van der Waals surface area (Å²) in [6.07, 6.45) is 0.526. The maximum absolute atomic E-state index is 12.4. The number of nitrogens with zero attached hydrogens (tertiary/aromatic N) is 2. The molecule has 0 aliphatic rings. The van der Waals surface area contributed by atoms with Crippen LogP contribution in [0.4, 0.5) is 18.3 Å². The molecule has 0 aliphatic heterocycles. The number of hydrogen-bond acceptors (Lipinski definition) is 8. The minimum absolute atomic E-state index is 0.0183. The number of aromatic nitrogens is 2. The minimum atomic E-state index is -4.36. The van der Waals surface area contributed by atoms with Crippen molar-refractivity contribution in [3.63, 3.8) is 0 Å². The highest BCUT2D eigenvalue weighted by molar-refractivity contribution is 8.00. The Labute approximate surface area is 186 Å². The summed E-state index contributed by atoms with van der Waals surface area (Å²) in [5.74, 6) is -0.361. The van der Waals surface area contributed by atoms with Gasteiger partial charge in [0.15, 0.2) is 5.13 Å². The molecule has 164 valence electrons. The highest BCUT2D eigenvalue weighted by Crippen LogP contribution is 2.37. The molecule has 2 amide bonds. The number of amides is 2. The average molecular weight is 489 g/mol. The molecule has 2 heterocycles. The van der Waals surface area contributed by atoms with Crippen molar-refractivity contribution in [2.45, 2.75) is 30.0 Å². The van der Waals surface area contributed by atoms with Crippen LogP contribution in [0.3, 0.4) is 0 Å². The molecule has 2 aromatic heterocycles. The Bertz CT molecular complexity index is 1050. The number of carbonyl (C=O) groups is 2. The number of alkyl halides is 3. The summed E-state index contributed by atoms with van der Waals surface area (Å²) in [6, 6.07) is 5.58. The first-order chi connectivity index (χ1) is 14.8. The van der Waals surface area contributed by atoms with E-state index in [4.69, 9.17) is 0 Å². The number of aliphatic hydroxyl groups is 1. The largest absolute Gasteiger partial charge is 0.446 e. The molecule has 3 N–H and O–H groups in total. The van der Waals surface area contributed by atoms with Gasteiger partial charge in [-0.1, -0.05) is 12.1 Å². The van der Waals surface area contributed by atoms with Gasteiger partial charge < -0.3 is 15.7 Å². The molecule has 31 heavy (non-hydrogen) atoms. The topological polar surface area (TPSA) is 104 Å². The van der Waals surface area contributed by atoms with Gasteiger partial charge in [0, 0.05) is 10.3 Å². The van der Waals surface area contributed by atoms with Crippen LogP contribution in [0.1, 0.15) is 16.3 Å². The fourth-order valence-electron chi connectivity index (χ4n) is 2.52. The van der Waals surface area contributed by atoms with E-state index in [1.807, 2.05) is 0 Å². The number of thioether (sulfide) groups is 1. The first-order valence-corrected chi connectivity index (χ1v) is 11.2. The normalized spacial score (nSPS) is 11.4. The van der Waals surface area contributed by atoms with Gasteiger partial charge in [0.05, 0.1) is 35.8 Å². The molecule has 0 aliphatic carbocycles. The van der Waals surface area contributed by atoms with E-state index in [0.717, 1.165) is 0 Å². The van der Waals surface area contributed by atoms with Gasteiger partial charge in [0.25, 0.3) is 0 Å². The van der Waals surface area contributed by atoms with Gasteiger partial charge in [-0.15, -0.1) is 22.7 Å². The lowest BCUT2D eigenvalue weighted by Gasteiger charge is -2.06. The van der Waals surface area contributed by atoms with E-state index < -0.39 is 5.51 Å². The number of thiazole rings is 2. The predicted molar refractivity (Wildman–Crippen MR) is 113 cm³/mol. The number of aliphatic hydroxyl groups excluding tert-OH is 1. The lowest BCUT2D eigenvalue weighted by Crippen LogP contribution is -2.14. The van der Waals surface area contributed by atoms with E-state index in [9.17, 15) is 27.9 Å². The second-order valence-corrected chi connectivity index (χ2v) is 9.08. The molecule has 7 nitrogen and oxygen atoms in total. The van der Waals surface area contributed by atoms with Crippen molar-refractivity contribution in [3.8, 4) is 10.6 Å². The number of nitrogens with one attached hydrogen (secondary N) is 2. The Hall–Kier alpha value is -2.48. The molecule has 3 rings (SSSR count). The monoisotopic (exact) mass is 488 g/mol. The molecule has 3 aromatic rings. The SMILES string of the molecule is O=CNCc1nc(CO)sc1-c1csc(NC(=O)Cc2ccc(SC(F)(F)F)cc2)n1. The highest BCUT2D eigenvalue weighted by Gasteiger charge is 2.29. The Morgan fingerprint density at radius 2 is 1.97 bits per heavy atom. The van der Waals surface area contributed by atoms with E-state index in [1.165, 1.54) is 46.9 Å². The van der Waals surface area contributed by atoms with Crippen LogP contribution in [-0.2, 0) is 29.2 Å². The van der Waals surface area contributed by atoms with Crippen molar-refractivity contribution in [2.24, 2.45) is 0 Å². The minimum Gasteiger partial charge on any atom is -0.389 e. The fourth-order valence-corrected chi connectivity index (χ4v) is 4.75. The molecule has 0 spiro atoms. The number of anilines is 1. The average Bonchev–Trinajstić information content (AvgIpc) is 3.33. The van der Waals surface area contributed by atoms with Crippen LogP contribution in [0.5, 0.6) is 0 Å². The quantitative estimate of drug-likeness (QED) is 0.313. The molecule has 0 radical (unpaired) electrons. The lowest BCUT2D eigenvalue weighted by atomic mass is 10.1.